The first-order valence-corrected chi connectivity index (χ1v) is 8.55. The summed E-state index contributed by atoms with van der Waals surface area (Å²) in [6, 6.07) is 12.9. The summed E-state index contributed by atoms with van der Waals surface area (Å²) >= 11 is 4.98. The van der Waals surface area contributed by atoms with E-state index >= 15 is 0 Å². The number of amides is 2. The molecule has 0 fully saturated rings. The van der Waals surface area contributed by atoms with E-state index in [4.69, 9.17) is 17.0 Å². The molecule has 0 aliphatic carbocycles. The van der Waals surface area contributed by atoms with Gasteiger partial charge in [-0.25, -0.2) is 4.79 Å². The minimum Gasteiger partial charge on any atom is -0.497 e. The van der Waals surface area contributed by atoms with E-state index in [1.807, 2.05) is 0 Å². The van der Waals surface area contributed by atoms with E-state index in [2.05, 4.69) is 20.9 Å². The Morgan fingerprint density at radius 2 is 1.50 bits per heavy atom. The number of hydrogen-bond donors (Lipinski definition) is 3. The molecule has 2 rings (SSSR count). The van der Waals surface area contributed by atoms with E-state index in [0.717, 1.165) is 5.56 Å². The summed E-state index contributed by atoms with van der Waals surface area (Å²) in [7, 11) is 2.84. The zero-order valence-corrected chi connectivity index (χ0v) is 16.1. The minimum absolute atomic E-state index is 0.0647. The number of methoxy groups -OCH3 is 2. The lowest BCUT2D eigenvalue weighted by Crippen LogP contribution is -2.48. The molecule has 146 valence electrons. The Labute approximate surface area is 167 Å². The average molecular weight is 401 g/mol. The molecule has 0 heterocycles. The molecule has 28 heavy (non-hydrogen) atoms. The molecule has 9 heteroatoms. The van der Waals surface area contributed by atoms with Crippen LogP contribution in [0.5, 0.6) is 5.75 Å². The fraction of sp³-hybridized carbons (Fsp3) is 0.158. The number of rotatable bonds is 5. The molecule has 0 radical (unpaired) electrons. The van der Waals surface area contributed by atoms with Crippen molar-refractivity contribution in [3.63, 3.8) is 0 Å². The van der Waals surface area contributed by atoms with Gasteiger partial charge in [-0.05, 0) is 54.2 Å². The molecule has 2 aromatic rings. The van der Waals surface area contributed by atoms with E-state index in [-0.39, 0.29) is 17.4 Å². The Kier molecular flexibility index (Phi) is 7.46. The molecule has 2 aromatic carbocycles. The van der Waals surface area contributed by atoms with Gasteiger partial charge in [0.05, 0.1) is 26.2 Å². The molecule has 0 aliphatic heterocycles. The van der Waals surface area contributed by atoms with Crippen LogP contribution >= 0.6 is 12.2 Å². The van der Waals surface area contributed by atoms with Crippen LogP contribution in [-0.2, 0) is 16.0 Å². The van der Waals surface area contributed by atoms with Gasteiger partial charge in [0.15, 0.2) is 5.11 Å². The highest BCUT2D eigenvalue weighted by molar-refractivity contribution is 7.80. The Balaban J connectivity index is 1.80. The molecule has 0 atom stereocenters. The van der Waals surface area contributed by atoms with Crippen molar-refractivity contribution >= 4 is 35.1 Å². The highest BCUT2D eigenvalue weighted by Crippen LogP contribution is 2.11. The minimum atomic E-state index is -0.497. The maximum absolute atomic E-state index is 12.1. The van der Waals surface area contributed by atoms with Crippen molar-refractivity contribution in [1.29, 1.82) is 0 Å². The summed E-state index contributed by atoms with van der Waals surface area (Å²) in [6.45, 7) is 0. The number of carbonyl (C=O) groups is 3. The standard InChI is InChI=1S/C19H19N3O5S/c1-26-15-9-3-12(4-10-15)11-16(23)21-22-19(28)20-17(24)13-5-7-14(8-6-13)18(25)27-2/h3-10H,11H2,1-2H3,(H,21,23)(H2,20,22,24,28). The first-order chi connectivity index (χ1) is 13.4. The SMILES string of the molecule is COC(=O)c1ccc(C(=O)NC(=S)NNC(=O)Cc2ccc(OC)cc2)cc1. The fourth-order valence-corrected chi connectivity index (χ4v) is 2.33. The third-order valence-electron chi connectivity index (χ3n) is 3.63. The smallest absolute Gasteiger partial charge is 0.337 e. The van der Waals surface area contributed by atoms with Crippen LogP contribution < -0.4 is 20.9 Å². The Bertz CT molecular complexity index is 866. The summed E-state index contributed by atoms with van der Waals surface area (Å²) in [5.41, 5.74) is 6.29. The molecule has 0 aromatic heterocycles. The topological polar surface area (TPSA) is 106 Å². The normalized spacial score (nSPS) is 9.79. The first kappa shape index (κ1) is 20.8. The summed E-state index contributed by atoms with van der Waals surface area (Å²) in [5, 5.41) is 2.36. The monoisotopic (exact) mass is 401 g/mol. The van der Waals surface area contributed by atoms with Gasteiger partial charge in [0.25, 0.3) is 5.91 Å². The number of esters is 1. The Hall–Kier alpha value is -3.46. The van der Waals surface area contributed by atoms with Crippen LogP contribution in [0, 0.1) is 0 Å². The second kappa shape index (κ2) is 10.0. The third kappa shape index (κ3) is 6.06. The largest absolute Gasteiger partial charge is 0.497 e. The molecule has 2 amide bonds. The van der Waals surface area contributed by atoms with Crippen LogP contribution in [0.1, 0.15) is 26.3 Å². The van der Waals surface area contributed by atoms with Crippen LogP contribution in [0.2, 0.25) is 0 Å². The fourth-order valence-electron chi connectivity index (χ4n) is 2.18. The van der Waals surface area contributed by atoms with Crippen LogP contribution in [0.25, 0.3) is 0 Å². The number of thiocarbonyl (C=S) groups is 1. The molecule has 3 N–H and O–H groups in total. The molecule has 0 saturated carbocycles. The number of hydrazine groups is 1. The second-order valence-corrected chi connectivity index (χ2v) is 5.96. The first-order valence-electron chi connectivity index (χ1n) is 8.14. The van der Waals surface area contributed by atoms with Crippen LogP contribution in [0.4, 0.5) is 0 Å². The highest BCUT2D eigenvalue weighted by Gasteiger charge is 2.11. The maximum atomic E-state index is 12.1. The van der Waals surface area contributed by atoms with Gasteiger partial charge in [0.2, 0.25) is 5.91 Å². The van der Waals surface area contributed by atoms with Crippen molar-refractivity contribution in [3.05, 3.63) is 65.2 Å². The summed E-state index contributed by atoms with van der Waals surface area (Å²) in [5.74, 6) is -0.614. The lowest BCUT2D eigenvalue weighted by Gasteiger charge is -2.11. The molecule has 0 saturated heterocycles. The zero-order chi connectivity index (χ0) is 20.5. The lowest BCUT2D eigenvalue weighted by atomic mass is 10.1. The van der Waals surface area contributed by atoms with Gasteiger partial charge in [0, 0.05) is 5.56 Å². The summed E-state index contributed by atoms with van der Waals surface area (Å²) in [4.78, 5) is 35.4. The quantitative estimate of drug-likeness (QED) is 0.395. The van der Waals surface area contributed by atoms with Crippen molar-refractivity contribution in [2.45, 2.75) is 6.42 Å². The van der Waals surface area contributed by atoms with Gasteiger partial charge >= 0.3 is 5.97 Å². The number of nitrogens with one attached hydrogen (secondary N) is 3. The van der Waals surface area contributed by atoms with Crippen molar-refractivity contribution in [2.24, 2.45) is 0 Å². The van der Waals surface area contributed by atoms with Crippen molar-refractivity contribution in [1.82, 2.24) is 16.2 Å². The van der Waals surface area contributed by atoms with Crippen molar-refractivity contribution in [3.8, 4) is 5.75 Å². The number of ether oxygens (including phenoxy) is 2. The van der Waals surface area contributed by atoms with E-state index < -0.39 is 11.9 Å². The molecule has 0 aliphatic rings. The zero-order valence-electron chi connectivity index (χ0n) is 15.3. The predicted octanol–water partition coefficient (Wildman–Crippen LogP) is 1.36. The Morgan fingerprint density at radius 3 is 2.07 bits per heavy atom. The second-order valence-electron chi connectivity index (χ2n) is 5.55. The number of hydrogen-bond acceptors (Lipinski definition) is 6. The van der Waals surface area contributed by atoms with Crippen LogP contribution in [0.15, 0.2) is 48.5 Å². The van der Waals surface area contributed by atoms with Gasteiger partial charge < -0.3 is 9.47 Å². The molecule has 0 spiro atoms. The van der Waals surface area contributed by atoms with Gasteiger partial charge in [-0.15, -0.1) is 0 Å². The summed E-state index contributed by atoms with van der Waals surface area (Å²) in [6.07, 6.45) is 0.128. The van der Waals surface area contributed by atoms with E-state index in [1.165, 1.54) is 31.4 Å². The Morgan fingerprint density at radius 1 is 0.893 bits per heavy atom. The molecule has 0 unspecified atom stereocenters. The van der Waals surface area contributed by atoms with Gasteiger partial charge in [0.1, 0.15) is 5.75 Å². The average Bonchev–Trinajstić information content (AvgIpc) is 2.72. The maximum Gasteiger partial charge on any atom is 0.337 e. The van der Waals surface area contributed by atoms with Crippen LogP contribution in [0.3, 0.4) is 0 Å². The highest BCUT2D eigenvalue weighted by atomic mass is 32.1. The van der Waals surface area contributed by atoms with E-state index in [1.54, 1.807) is 31.4 Å². The number of benzene rings is 2. The predicted molar refractivity (Wildman–Crippen MR) is 106 cm³/mol. The number of carbonyl (C=O) groups excluding carboxylic acids is 3. The van der Waals surface area contributed by atoms with Crippen molar-refractivity contribution < 1.29 is 23.9 Å². The van der Waals surface area contributed by atoms with Gasteiger partial charge in [-0.2, -0.15) is 0 Å². The molecule has 0 bridgehead atoms. The molecular formula is C19H19N3O5S. The third-order valence-corrected chi connectivity index (χ3v) is 3.84. The van der Waals surface area contributed by atoms with Gasteiger partial charge in [-0.3, -0.25) is 25.8 Å². The van der Waals surface area contributed by atoms with E-state index in [0.29, 0.717) is 16.9 Å². The molecular weight excluding hydrogens is 382 g/mol. The van der Waals surface area contributed by atoms with E-state index in [9.17, 15) is 14.4 Å². The van der Waals surface area contributed by atoms with Crippen LogP contribution in [-0.4, -0.2) is 37.1 Å². The summed E-state index contributed by atoms with van der Waals surface area (Å²) < 4.78 is 9.65. The van der Waals surface area contributed by atoms with Gasteiger partial charge in [-0.1, -0.05) is 12.1 Å². The van der Waals surface area contributed by atoms with Crippen molar-refractivity contribution in [2.75, 3.05) is 14.2 Å². The lowest BCUT2D eigenvalue weighted by molar-refractivity contribution is -0.121. The molecule has 8 nitrogen and oxygen atoms in total.